The van der Waals surface area contributed by atoms with Crippen LogP contribution in [-0.2, 0) is 11.3 Å². The highest BCUT2D eigenvalue weighted by Crippen LogP contribution is 2.23. The fraction of sp³-hybridized carbons (Fsp3) is 0.538. The zero-order chi connectivity index (χ0) is 12.9. The second kappa shape index (κ2) is 6.05. The number of hydrogen-bond acceptors (Lipinski definition) is 3. The molecule has 0 atom stereocenters. The highest BCUT2D eigenvalue weighted by molar-refractivity contribution is 8.01. The van der Waals surface area contributed by atoms with Gasteiger partial charge in [-0.2, -0.15) is 0 Å². The van der Waals surface area contributed by atoms with Gasteiger partial charge in [-0.1, -0.05) is 26.8 Å². The summed E-state index contributed by atoms with van der Waals surface area (Å²) < 4.78 is 0.130. The summed E-state index contributed by atoms with van der Waals surface area (Å²) in [6, 6.07) is 3.87. The Balaban J connectivity index is 2.43. The molecule has 3 nitrogen and oxygen atoms in total. The minimum atomic E-state index is 0.130. The number of pyridine rings is 1. The quantitative estimate of drug-likeness (QED) is 0.825. The van der Waals surface area contributed by atoms with Crippen LogP contribution in [0.15, 0.2) is 24.5 Å². The van der Waals surface area contributed by atoms with Gasteiger partial charge in [-0.25, -0.2) is 0 Å². The van der Waals surface area contributed by atoms with Crippen LogP contribution in [-0.4, -0.2) is 33.3 Å². The first-order valence-corrected chi connectivity index (χ1v) is 6.64. The first kappa shape index (κ1) is 14.0. The SMILES string of the molecule is CN(Cc1cccnc1)C(=O)CSC(C)(C)C. The second-order valence-electron chi connectivity index (χ2n) is 5.01. The molecule has 0 aromatic carbocycles. The van der Waals surface area contributed by atoms with E-state index in [-0.39, 0.29) is 10.7 Å². The van der Waals surface area contributed by atoms with E-state index in [4.69, 9.17) is 0 Å². The summed E-state index contributed by atoms with van der Waals surface area (Å²) in [6.07, 6.45) is 3.53. The molecule has 4 heteroatoms. The van der Waals surface area contributed by atoms with Gasteiger partial charge in [0.2, 0.25) is 5.91 Å². The fourth-order valence-corrected chi connectivity index (χ4v) is 2.02. The van der Waals surface area contributed by atoms with Crippen LogP contribution in [0.3, 0.4) is 0 Å². The fourth-order valence-electron chi connectivity index (χ4n) is 1.24. The molecule has 17 heavy (non-hydrogen) atoms. The van der Waals surface area contributed by atoms with Crippen molar-refractivity contribution < 1.29 is 4.79 Å². The molecule has 1 aromatic rings. The normalized spacial score (nSPS) is 11.3. The standard InChI is InChI=1S/C13H20N2OS/c1-13(2,3)17-10-12(16)15(4)9-11-6-5-7-14-8-11/h5-8H,9-10H2,1-4H3. The number of aromatic nitrogens is 1. The van der Waals surface area contributed by atoms with E-state index in [1.165, 1.54) is 0 Å². The molecule has 0 bridgehead atoms. The van der Waals surface area contributed by atoms with E-state index in [2.05, 4.69) is 25.8 Å². The molecular weight excluding hydrogens is 232 g/mol. The molecule has 0 spiro atoms. The summed E-state index contributed by atoms with van der Waals surface area (Å²) in [5.74, 6) is 0.689. The molecule has 0 aliphatic heterocycles. The van der Waals surface area contributed by atoms with Crippen LogP contribution in [0.5, 0.6) is 0 Å². The Hall–Kier alpha value is -1.03. The van der Waals surface area contributed by atoms with Gasteiger partial charge >= 0.3 is 0 Å². The number of nitrogens with zero attached hydrogens (tertiary/aromatic N) is 2. The Morgan fingerprint density at radius 1 is 1.47 bits per heavy atom. The van der Waals surface area contributed by atoms with Crippen molar-refractivity contribution in [3.63, 3.8) is 0 Å². The number of rotatable bonds is 4. The van der Waals surface area contributed by atoms with Crippen LogP contribution in [0.2, 0.25) is 0 Å². The topological polar surface area (TPSA) is 33.2 Å². The van der Waals surface area contributed by atoms with E-state index < -0.39 is 0 Å². The number of carbonyl (C=O) groups excluding carboxylic acids is 1. The first-order chi connectivity index (χ1) is 7.88. The minimum absolute atomic E-state index is 0.130. The summed E-state index contributed by atoms with van der Waals surface area (Å²) in [5.41, 5.74) is 1.06. The van der Waals surface area contributed by atoms with E-state index in [1.54, 1.807) is 29.1 Å². The average molecular weight is 252 g/mol. The van der Waals surface area contributed by atoms with Crippen molar-refractivity contribution in [1.29, 1.82) is 0 Å². The summed E-state index contributed by atoms with van der Waals surface area (Å²) in [4.78, 5) is 17.7. The smallest absolute Gasteiger partial charge is 0.232 e. The Kier molecular flexibility index (Phi) is 5.00. The molecule has 0 N–H and O–H groups in total. The maximum Gasteiger partial charge on any atom is 0.232 e. The van der Waals surface area contributed by atoms with Gasteiger partial charge in [0, 0.05) is 30.7 Å². The van der Waals surface area contributed by atoms with Gasteiger partial charge in [0.05, 0.1) is 5.75 Å². The number of hydrogen-bond donors (Lipinski definition) is 0. The van der Waals surface area contributed by atoms with Gasteiger partial charge in [-0.15, -0.1) is 11.8 Å². The van der Waals surface area contributed by atoms with Gasteiger partial charge in [-0.05, 0) is 11.6 Å². The van der Waals surface area contributed by atoms with Crippen molar-refractivity contribution in [1.82, 2.24) is 9.88 Å². The number of thioether (sulfide) groups is 1. The second-order valence-corrected chi connectivity index (χ2v) is 6.81. The van der Waals surface area contributed by atoms with Crippen LogP contribution in [0.1, 0.15) is 26.3 Å². The van der Waals surface area contributed by atoms with Gasteiger partial charge in [0.1, 0.15) is 0 Å². The van der Waals surface area contributed by atoms with Crippen molar-refractivity contribution in [2.45, 2.75) is 32.1 Å². The van der Waals surface area contributed by atoms with Crippen molar-refractivity contribution in [2.24, 2.45) is 0 Å². The summed E-state index contributed by atoms with van der Waals surface area (Å²) in [7, 11) is 1.83. The number of amides is 1. The molecule has 0 fully saturated rings. The maximum atomic E-state index is 11.9. The lowest BCUT2D eigenvalue weighted by atomic mass is 10.3. The Labute approximate surface area is 108 Å². The summed E-state index contributed by atoms with van der Waals surface area (Å²) >= 11 is 1.67. The summed E-state index contributed by atoms with van der Waals surface area (Å²) in [6.45, 7) is 6.97. The largest absolute Gasteiger partial charge is 0.341 e. The van der Waals surface area contributed by atoms with E-state index in [0.717, 1.165) is 5.56 Å². The van der Waals surface area contributed by atoms with E-state index in [9.17, 15) is 4.79 Å². The zero-order valence-electron chi connectivity index (χ0n) is 10.9. The average Bonchev–Trinajstić information content (AvgIpc) is 2.26. The van der Waals surface area contributed by atoms with Crippen LogP contribution in [0.4, 0.5) is 0 Å². The molecule has 0 saturated heterocycles. The molecule has 1 aromatic heterocycles. The maximum absolute atomic E-state index is 11.9. The van der Waals surface area contributed by atoms with E-state index in [1.807, 2.05) is 19.2 Å². The molecule has 94 valence electrons. The third-order valence-electron chi connectivity index (χ3n) is 2.20. The van der Waals surface area contributed by atoms with Crippen molar-refractivity contribution in [3.8, 4) is 0 Å². The highest BCUT2D eigenvalue weighted by atomic mass is 32.2. The van der Waals surface area contributed by atoms with Gasteiger partial charge in [-0.3, -0.25) is 9.78 Å². The highest BCUT2D eigenvalue weighted by Gasteiger charge is 2.15. The molecule has 0 radical (unpaired) electrons. The molecule has 0 unspecified atom stereocenters. The molecule has 1 rings (SSSR count). The van der Waals surface area contributed by atoms with E-state index in [0.29, 0.717) is 12.3 Å². The lowest BCUT2D eigenvalue weighted by Gasteiger charge is -2.21. The number of carbonyl (C=O) groups is 1. The minimum Gasteiger partial charge on any atom is -0.341 e. The van der Waals surface area contributed by atoms with Crippen LogP contribution < -0.4 is 0 Å². The Morgan fingerprint density at radius 3 is 2.71 bits per heavy atom. The van der Waals surface area contributed by atoms with Crippen molar-refractivity contribution >= 4 is 17.7 Å². The van der Waals surface area contributed by atoms with Crippen LogP contribution >= 0.6 is 11.8 Å². The molecule has 0 aliphatic rings. The van der Waals surface area contributed by atoms with Crippen LogP contribution in [0, 0.1) is 0 Å². The lowest BCUT2D eigenvalue weighted by molar-refractivity contribution is -0.127. The van der Waals surface area contributed by atoms with Gasteiger partial charge in [0.25, 0.3) is 0 Å². The molecule has 0 saturated carbocycles. The Morgan fingerprint density at radius 2 is 2.18 bits per heavy atom. The zero-order valence-corrected chi connectivity index (χ0v) is 11.8. The van der Waals surface area contributed by atoms with E-state index >= 15 is 0 Å². The first-order valence-electron chi connectivity index (χ1n) is 5.65. The predicted octanol–water partition coefficient (Wildman–Crippen LogP) is 2.57. The van der Waals surface area contributed by atoms with Crippen molar-refractivity contribution in [3.05, 3.63) is 30.1 Å². The Bertz CT molecular complexity index is 359. The molecule has 1 heterocycles. The third-order valence-corrected chi connectivity index (χ3v) is 3.45. The van der Waals surface area contributed by atoms with Crippen molar-refractivity contribution in [2.75, 3.05) is 12.8 Å². The van der Waals surface area contributed by atoms with Gasteiger partial charge < -0.3 is 4.90 Å². The van der Waals surface area contributed by atoms with Crippen LogP contribution in [0.25, 0.3) is 0 Å². The third kappa shape index (κ3) is 5.73. The molecule has 1 amide bonds. The lowest BCUT2D eigenvalue weighted by Crippen LogP contribution is -2.29. The summed E-state index contributed by atoms with van der Waals surface area (Å²) in [5, 5.41) is 0. The predicted molar refractivity (Wildman–Crippen MR) is 72.9 cm³/mol. The molecular formula is C13H20N2OS. The monoisotopic (exact) mass is 252 g/mol. The van der Waals surface area contributed by atoms with Gasteiger partial charge in [0.15, 0.2) is 0 Å². The molecule has 0 aliphatic carbocycles.